The number of hydrogen-bond acceptors (Lipinski definition) is 3. The number of carbonyl (C=O) groups is 1. The zero-order valence-electron chi connectivity index (χ0n) is 11.1. The summed E-state index contributed by atoms with van der Waals surface area (Å²) < 4.78 is 1.74. The molecule has 0 bridgehead atoms. The summed E-state index contributed by atoms with van der Waals surface area (Å²) in [6.45, 7) is 2.04. The molecule has 2 unspecified atom stereocenters. The maximum atomic E-state index is 12.2. The molecule has 2 atom stereocenters. The highest BCUT2D eigenvalue weighted by Crippen LogP contribution is 2.25. The van der Waals surface area contributed by atoms with Gasteiger partial charge in [0.2, 0.25) is 5.91 Å². The molecule has 0 aliphatic heterocycles. The van der Waals surface area contributed by atoms with E-state index in [1.165, 1.54) is 0 Å². The van der Waals surface area contributed by atoms with E-state index in [0.29, 0.717) is 0 Å². The van der Waals surface area contributed by atoms with E-state index < -0.39 is 0 Å². The molecule has 2 rings (SSSR count). The second-order valence-corrected chi connectivity index (χ2v) is 5.13. The Morgan fingerprint density at radius 1 is 1.61 bits per heavy atom. The molecule has 0 aromatic carbocycles. The predicted molar refractivity (Wildman–Crippen MR) is 71.1 cm³/mol. The Morgan fingerprint density at radius 3 is 3.06 bits per heavy atom. The fraction of sp³-hybridized carbons (Fsp3) is 0.692. The first-order valence-corrected chi connectivity index (χ1v) is 6.69. The molecule has 1 saturated carbocycles. The molecule has 5 heteroatoms. The molecule has 100 valence electrons. The van der Waals surface area contributed by atoms with Crippen molar-refractivity contribution in [2.75, 3.05) is 5.32 Å². The maximum absolute atomic E-state index is 12.2. The number of hydrogen-bond donors (Lipinski definition) is 2. The van der Waals surface area contributed by atoms with Crippen LogP contribution in [0.5, 0.6) is 0 Å². The second kappa shape index (κ2) is 5.52. The fourth-order valence-corrected chi connectivity index (χ4v) is 2.60. The van der Waals surface area contributed by atoms with Gasteiger partial charge in [0.1, 0.15) is 0 Å². The van der Waals surface area contributed by atoms with Crippen LogP contribution in [0.15, 0.2) is 6.20 Å². The lowest BCUT2D eigenvalue weighted by atomic mass is 9.85. The van der Waals surface area contributed by atoms with Crippen molar-refractivity contribution in [1.29, 1.82) is 0 Å². The zero-order valence-corrected chi connectivity index (χ0v) is 11.1. The second-order valence-electron chi connectivity index (χ2n) is 5.13. The van der Waals surface area contributed by atoms with Crippen LogP contribution in [0.1, 0.15) is 38.3 Å². The van der Waals surface area contributed by atoms with Crippen LogP contribution >= 0.6 is 0 Å². The summed E-state index contributed by atoms with van der Waals surface area (Å²) in [5, 5.41) is 7.31. The van der Waals surface area contributed by atoms with Gasteiger partial charge in [0.05, 0.1) is 11.4 Å². The molecule has 1 amide bonds. The Kier molecular flexibility index (Phi) is 4.01. The van der Waals surface area contributed by atoms with Gasteiger partial charge >= 0.3 is 0 Å². The van der Waals surface area contributed by atoms with Gasteiger partial charge in [0.15, 0.2) is 0 Å². The number of amides is 1. The van der Waals surface area contributed by atoms with E-state index in [1.54, 1.807) is 4.68 Å². The molecule has 1 aromatic rings. The third kappa shape index (κ3) is 2.90. The van der Waals surface area contributed by atoms with Crippen LogP contribution in [0.3, 0.4) is 0 Å². The van der Waals surface area contributed by atoms with Crippen LogP contribution in [0.4, 0.5) is 5.69 Å². The lowest BCUT2D eigenvalue weighted by Crippen LogP contribution is -2.34. The number of rotatable bonds is 3. The first-order chi connectivity index (χ1) is 8.60. The molecule has 18 heavy (non-hydrogen) atoms. The fourth-order valence-electron chi connectivity index (χ4n) is 2.60. The monoisotopic (exact) mass is 250 g/mol. The van der Waals surface area contributed by atoms with Crippen molar-refractivity contribution < 1.29 is 4.79 Å². The highest BCUT2D eigenvalue weighted by atomic mass is 16.1. The van der Waals surface area contributed by atoms with Gasteiger partial charge in [0, 0.05) is 25.2 Å². The number of nitrogens with zero attached hydrogens (tertiary/aromatic N) is 2. The molecule has 5 nitrogen and oxygen atoms in total. The molecule has 0 saturated heterocycles. The van der Waals surface area contributed by atoms with Crippen LogP contribution in [-0.2, 0) is 18.3 Å². The van der Waals surface area contributed by atoms with Crippen LogP contribution in [-0.4, -0.2) is 21.7 Å². The third-order valence-corrected chi connectivity index (χ3v) is 3.58. The van der Waals surface area contributed by atoms with Gasteiger partial charge in [-0.25, -0.2) is 0 Å². The van der Waals surface area contributed by atoms with E-state index in [0.717, 1.165) is 43.5 Å². The summed E-state index contributed by atoms with van der Waals surface area (Å²) >= 11 is 0. The van der Waals surface area contributed by atoms with E-state index >= 15 is 0 Å². The summed E-state index contributed by atoms with van der Waals surface area (Å²) in [7, 11) is 1.87. The summed E-state index contributed by atoms with van der Waals surface area (Å²) in [5.74, 6) is 0.145. The number of nitrogens with one attached hydrogen (secondary N) is 1. The normalized spacial score (nSPS) is 23.9. The average molecular weight is 250 g/mol. The number of carbonyl (C=O) groups excluding carboxylic acids is 1. The molecule has 1 aromatic heterocycles. The summed E-state index contributed by atoms with van der Waals surface area (Å²) in [6.07, 6.45) is 6.51. The number of aromatic nitrogens is 2. The van der Waals surface area contributed by atoms with Gasteiger partial charge < -0.3 is 11.1 Å². The topological polar surface area (TPSA) is 72.9 Å². The standard InChI is InChI=1S/C13H22N4O/c1-3-11-12(8-17(2)16-11)15-13(18)9-5-4-6-10(14)7-9/h8-10H,3-7,14H2,1-2H3,(H,15,18). The molecule has 0 radical (unpaired) electrons. The van der Waals surface area contributed by atoms with Crippen LogP contribution in [0, 0.1) is 5.92 Å². The minimum atomic E-state index is 0.0543. The number of nitrogens with two attached hydrogens (primary N) is 1. The molecule has 1 heterocycles. The molecular weight excluding hydrogens is 228 g/mol. The number of anilines is 1. The molecule has 1 fully saturated rings. The Balaban J connectivity index is 2.01. The SMILES string of the molecule is CCc1nn(C)cc1NC(=O)C1CCCC(N)C1. The van der Waals surface area contributed by atoms with Crippen LogP contribution in [0.2, 0.25) is 0 Å². The minimum absolute atomic E-state index is 0.0543. The largest absolute Gasteiger partial charge is 0.328 e. The summed E-state index contributed by atoms with van der Waals surface area (Å²) in [5.41, 5.74) is 7.69. The van der Waals surface area contributed by atoms with E-state index in [4.69, 9.17) is 5.73 Å². The van der Waals surface area contributed by atoms with Gasteiger partial charge in [-0.1, -0.05) is 13.3 Å². The van der Waals surface area contributed by atoms with Crippen molar-refractivity contribution in [3.05, 3.63) is 11.9 Å². The minimum Gasteiger partial charge on any atom is -0.328 e. The molecule has 1 aliphatic rings. The highest BCUT2D eigenvalue weighted by molar-refractivity contribution is 5.93. The van der Waals surface area contributed by atoms with E-state index in [-0.39, 0.29) is 17.9 Å². The van der Waals surface area contributed by atoms with E-state index in [9.17, 15) is 4.79 Å². The van der Waals surface area contributed by atoms with Crippen molar-refractivity contribution in [1.82, 2.24) is 9.78 Å². The zero-order chi connectivity index (χ0) is 13.1. The van der Waals surface area contributed by atoms with Gasteiger partial charge in [0.25, 0.3) is 0 Å². The lowest BCUT2D eigenvalue weighted by Gasteiger charge is -2.25. The van der Waals surface area contributed by atoms with Gasteiger partial charge in [-0.3, -0.25) is 9.48 Å². The van der Waals surface area contributed by atoms with Crippen molar-refractivity contribution in [2.45, 2.75) is 45.1 Å². The maximum Gasteiger partial charge on any atom is 0.227 e. The van der Waals surface area contributed by atoms with Crippen LogP contribution < -0.4 is 11.1 Å². The Bertz CT molecular complexity index is 427. The van der Waals surface area contributed by atoms with Gasteiger partial charge in [-0.2, -0.15) is 5.10 Å². The molecular formula is C13H22N4O. The van der Waals surface area contributed by atoms with Crippen molar-refractivity contribution in [3.8, 4) is 0 Å². The summed E-state index contributed by atoms with van der Waals surface area (Å²) in [6, 6.07) is 0.175. The Hall–Kier alpha value is -1.36. The highest BCUT2D eigenvalue weighted by Gasteiger charge is 2.26. The lowest BCUT2D eigenvalue weighted by molar-refractivity contribution is -0.120. The third-order valence-electron chi connectivity index (χ3n) is 3.58. The predicted octanol–water partition coefficient (Wildman–Crippen LogP) is 1.44. The van der Waals surface area contributed by atoms with E-state index in [1.807, 2.05) is 20.2 Å². The Labute approximate surface area is 108 Å². The molecule has 0 spiro atoms. The van der Waals surface area contributed by atoms with Crippen molar-refractivity contribution in [2.24, 2.45) is 18.7 Å². The van der Waals surface area contributed by atoms with Crippen molar-refractivity contribution in [3.63, 3.8) is 0 Å². The molecule has 1 aliphatic carbocycles. The number of aryl methyl sites for hydroxylation is 2. The first kappa shape index (κ1) is 13.1. The smallest absolute Gasteiger partial charge is 0.227 e. The average Bonchev–Trinajstić information content (AvgIpc) is 2.69. The molecule has 3 N–H and O–H groups in total. The quantitative estimate of drug-likeness (QED) is 0.852. The van der Waals surface area contributed by atoms with E-state index in [2.05, 4.69) is 10.4 Å². The van der Waals surface area contributed by atoms with Gasteiger partial charge in [-0.05, 0) is 25.7 Å². The van der Waals surface area contributed by atoms with Crippen molar-refractivity contribution >= 4 is 11.6 Å². The Morgan fingerprint density at radius 2 is 2.39 bits per heavy atom. The van der Waals surface area contributed by atoms with Gasteiger partial charge in [-0.15, -0.1) is 0 Å². The van der Waals surface area contributed by atoms with Crippen LogP contribution in [0.25, 0.3) is 0 Å². The first-order valence-electron chi connectivity index (χ1n) is 6.69. The summed E-state index contributed by atoms with van der Waals surface area (Å²) in [4.78, 5) is 12.2.